The SMILES string of the molecule is CC(C)CNCC1CCCCC1Cc1ccc(F)cc1Cl. The van der Waals surface area contributed by atoms with Gasteiger partial charge in [0.05, 0.1) is 0 Å². The van der Waals surface area contributed by atoms with Gasteiger partial charge in [-0.3, -0.25) is 0 Å². The van der Waals surface area contributed by atoms with Crippen LogP contribution in [0.15, 0.2) is 18.2 Å². The topological polar surface area (TPSA) is 12.0 Å². The first-order valence-corrected chi connectivity index (χ1v) is 8.58. The van der Waals surface area contributed by atoms with E-state index in [2.05, 4.69) is 19.2 Å². The van der Waals surface area contributed by atoms with Crippen molar-refractivity contribution in [3.63, 3.8) is 0 Å². The summed E-state index contributed by atoms with van der Waals surface area (Å²) in [7, 11) is 0. The van der Waals surface area contributed by atoms with Crippen molar-refractivity contribution < 1.29 is 4.39 Å². The molecule has 3 heteroatoms. The van der Waals surface area contributed by atoms with Crippen LogP contribution in [0.4, 0.5) is 4.39 Å². The van der Waals surface area contributed by atoms with E-state index in [-0.39, 0.29) is 5.82 Å². The molecule has 0 heterocycles. The first-order chi connectivity index (χ1) is 10.1. The van der Waals surface area contributed by atoms with Gasteiger partial charge in [-0.2, -0.15) is 0 Å². The Morgan fingerprint density at radius 2 is 1.95 bits per heavy atom. The van der Waals surface area contributed by atoms with Gasteiger partial charge in [-0.15, -0.1) is 0 Å². The average Bonchev–Trinajstić information content (AvgIpc) is 2.43. The van der Waals surface area contributed by atoms with Crippen molar-refractivity contribution >= 4 is 11.6 Å². The maximum Gasteiger partial charge on any atom is 0.124 e. The van der Waals surface area contributed by atoms with Gasteiger partial charge < -0.3 is 5.32 Å². The highest BCUT2D eigenvalue weighted by atomic mass is 35.5. The summed E-state index contributed by atoms with van der Waals surface area (Å²) in [5.41, 5.74) is 1.10. The molecule has 1 aliphatic rings. The molecule has 1 aliphatic carbocycles. The van der Waals surface area contributed by atoms with Crippen LogP contribution in [0.2, 0.25) is 5.02 Å². The normalized spacial score (nSPS) is 22.7. The molecule has 21 heavy (non-hydrogen) atoms. The van der Waals surface area contributed by atoms with Crippen LogP contribution >= 0.6 is 11.6 Å². The van der Waals surface area contributed by atoms with Crippen LogP contribution in [-0.4, -0.2) is 13.1 Å². The predicted octanol–water partition coefficient (Wildman–Crippen LogP) is 5.07. The molecule has 2 unspecified atom stereocenters. The van der Waals surface area contributed by atoms with Crippen molar-refractivity contribution in [3.05, 3.63) is 34.6 Å². The monoisotopic (exact) mass is 311 g/mol. The van der Waals surface area contributed by atoms with E-state index in [0.29, 0.717) is 16.9 Å². The second-order valence-corrected chi connectivity index (χ2v) is 7.20. The fourth-order valence-corrected chi connectivity index (χ4v) is 3.59. The fraction of sp³-hybridized carbons (Fsp3) is 0.667. The van der Waals surface area contributed by atoms with Crippen LogP contribution in [0.1, 0.15) is 45.1 Å². The molecular formula is C18H27ClFN. The van der Waals surface area contributed by atoms with E-state index in [1.165, 1.54) is 37.8 Å². The van der Waals surface area contributed by atoms with Crippen LogP contribution in [0, 0.1) is 23.6 Å². The van der Waals surface area contributed by atoms with E-state index in [9.17, 15) is 4.39 Å². The van der Waals surface area contributed by atoms with Crippen molar-refractivity contribution in [3.8, 4) is 0 Å². The van der Waals surface area contributed by atoms with E-state index in [1.54, 1.807) is 0 Å². The Balaban J connectivity index is 1.94. The van der Waals surface area contributed by atoms with Crippen molar-refractivity contribution in [1.29, 1.82) is 0 Å². The first-order valence-electron chi connectivity index (χ1n) is 8.21. The smallest absolute Gasteiger partial charge is 0.124 e. The standard InChI is InChI=1S/C18H27ClFN/c1-13(2)11-21-12-16-6-4-3-5-14(16)9-15-7-8-17(20)10-18(15)19/h7-8,10,13-14,16,21H,3-6,9,11-12H2,1-2H3. The molecule has 0 amide bonds. The Hall–Kier alpha value is -0.600. The minimum Gasteiger partial charge on any atom is -0.316 e. The Bertz CT molecular complexity index is 447. The minimum absolute atomic E-state index is 0.248. The minimum atomic E-state index is -0.248. The number of rotatable bonds is 6. The molecule has 0 radical (unpaired) electrons. The highest BCUT2D eigenvalue weighted by molar-refractivity contribution is 6.31. The van der Waals surface area contributed by atoms with Crippen LogP contribution < -0.4 is 5.32 Å². The maximum atomic E-state index is 13.2. The summed E-state index contributed by atoms with van der Waals surface area (Å²) in [5, 5.41) is 4.18. The molecule has 1 saturated carbocycles. The molecule has 0 bridgehead atoms. The van der Waals surface area contributed by atoms with Gasteiger partial charge in [0.2, 0.25) is 0 Å². The molecule has 0 spiro atoms. The molecule has 0 aliphatic heterocycles. The number of nitrogens with one attached hydrogen (secondary N) is 1. The van der Waals surface area contributed by atoms with Gasteiger partial charge in [0.15, 0.2) is 0 Å². The van der Waals surface area contributed by atoms with E-state index in [0.717, 1.165) is 31.0 Å². The summed E-state index contributed by atoms with van der Waals surface area (Å²) < 4.78 is 13.2. The second-order valence-electron chi connectivity index (χ2n) is 6.80. The lowest BCUT2D eigenvalue weighted by molar-refractivity contribution is 0.226. The van der Waals surface area contributed by atoms with Gasteiger partial charge in [-0.1, -0.05) is 44.4 Å². The number of hydrogen-bond donors (Lipinski definition) is 1. The van der Waals surface area contributed by atoms with E-state index >= 15 is 0 Å². The van der Waals surface area contributed by atoms with Gasteiger partial charge >= 0.3 is 0 Å². The zero-order valence-corrected chi connectivity index (χ0v) is 13.9. The summed E-state index contributed by atoms with van der Waals surface area (Å²) in [6.07, 6.45) is 6.19. The van der Waals surface area contributed by atoms with Crippen LogP contribution in [-0.2, 0) is 6.42 Å². The summed E-state index contributed by atoms with van der Waals surface area (Å²) in [6.45, 7) is 6.66. The third kappa shape index (κ3) is 5.27. The predicted molar refractivity (Wildman–Crippen MR) is 88.3 cm³/mol. The summed E-state index contributed by atoms with van der Waals surface area (Å²) in [5.74, 6) is 1.83. The van der Waals surface area contributed by atoms with Crippen molar-refractivity contribution in [1.82, 2.24) is 5.32 Å². The molecule has 0 saturated heterocycles. The molecule has 2 rings (SSSR count). The molecular weight excluding hydrogens is 285 g/mol. The van der Waals surface area contributed by atoms with Gasteiger partial charge in [-0.25, -0.2) is 4.39 Å². The average molecular weight is 312 g/mol. The largest absolute Gasteiger partial charge is 0.316 e. The zero-order chi connectivity index (χ0) is 15.2. The molecule has 118 valence electrons. The molecule has 1 aromatic rings. The third-order valence-electron chi connectivity index (χ3n) is 4.52. The van der Waals surface area contributed by atoms with E-state index in [4.69, 9.17) is 11.6 Å². The third-order valence-corrected chi connectivity index (χ3v) is 4.87. The highest BCUT2D eigenvalue weighted by Gasteiger charge is 2.25. The Morgan fingerprint density at radius 1 is 1.24 bits per heavy atom. The molecule has 1 fully saturated rings. The maximum absolute atomic E-state index is 13.2. The zero-order valence-electron chi connectivity index (χ0n) is 13.2. The van der Waals surface area contributed by atoms with Gasteiger partial charge in [0.25, 0.3) is 0 Å². The van der Waals surface area contributed by atoms with E-state index in [1.807, 2.05) is 6.07 Å². The molecule has 1 nitrogen and oxygen atoms in total. The van der Waals surface area contributed by atoms with Gasteiger partial charge in [0.1, 0.15) is 5.82 Å². The lowest BCUT2D eigenvalue weighted by Gasteiger charge is -2.32. The van der Waals surface area contributed by atoms with Crippen molar-refractivity contribution in [2.75, 3.05) is 13.1 Å². The van der Waals surface area contributed by atoms with Crippen LogP contribution in [0.5, 0.6) is 0 Å². The van der Waals surface area contributed by atoms with E-state index < -0.39 is 0 Å². The number of halogens is 2. The summed E-state index contributed by atoms with van der Waals surface area (Å²) in [4.78, 5) is 0. The molecule has 1 aromatic carbocycles. The number of hydrogen-bond acceptors (Lipinski definition) is 1. The lowest BCUT2D eigenvalue weighted by Crippen LogP contribution is -2.33. The first kappa shape index (κ1) is 16.8. The van der Waals surface area contributed by atoms with Crippen LogP contribution in [0.25, 0.3) is 0 Å². The van der Waals surface area contributed by atoms with Crippen molar-refractivity contribution in [2.24, 2.45) is 17.8 Å². The summed E-state index contributed by atoms with van der Waals surface area (Å²) >= 11 is 6.19. The van der Waals surface area contributed by atoms with Crippen molar-refractivity contribution in [2.45, 2.75) is 46.0 Å². The second kappa shape index (κ2) is 8.14. The Morgan fingerprint density at radius 3 is 2.62 bits per heavy atom. The Kier molecular flexibility index (Phi) is 6.50. The quantitative estimate of drug-likeness (QED) is 0.773. The molecule has 2 atom stereocenters. The summed E-state index contributed by atoms with van der Waals surface area (Å²) in [6, 6.07) is 4.81. The number of benzene rings is 1. The van der Waals surface area contributed by atoms with Gasteiger partial charge in [0, 0.05) is 5.02 Å². The van der Waals surface area contributed by atoms with Gasteiger partial charge in [-0.05, 0) is 67.8 Å². The molecule has 0 aromatic heterocycles. The molecule has 1 N–H and O–H groups in total. The lowest BCUT2D eigenvalue weighted by atomic mass is 9.76. The highest BCUT2D eigenvalue weighted by Crippen LogP contribution is 2.33. The fourth-order valence-electron chi connectivity index (χ4n) is 3.35. The van der Waals surface area contributed by atoms with Crippen LogP contribution in [0.3, 0.4) is 0 Å². The Labute approximate surface area is 133 Å².